The number of nitro groups is 1. The SMILES string of the molecule is Cc1cc2occ(CC(=O)Nc3ccccc3[N+](=O)[O-])c2cc1Cl. The molecular formula is C17H13ClN2O4. The molecule has 0 fully saturated rings. The number of aryl methyl sites for hydroxylation is 1. The molecule has 1 amide bonds. The fourth-order valence-corrected chi connectivity index (χ4v) is 2.61. The lowest BCUT2D eigenvalue weighted by Crippen LogP contribution is -2.15. The van der Waals surface area contributed by atoms with Gasteiger partial charge in [0.05, 0.1) is 17.6 Å². The van der Waals surface area contributed by atoms with Gasteiger partial charge in [0.25, 0.3) is 5.69 Å². The molecule has 0 spiro atoms. The fourth-order valence-electron chi connectivity index (χ4n) is 2.44. The normalized spacial score (nSPS) is 10.8. The number of nitro benzene ring substituents is 1. The highest BCUT2D eigenvalue weighted by Gasteiger charge is 2.17. The summed E-state index contributed by atoms with van der Waals surface area (Å²) in [5.41, 5.74) is 2.21. The molecule has 1 heterocycles. The molecule has 122 valence electrons. The molecule has 3 rings (SSSR count). The summed E-state index contributed by atoms with van der Waals surface area (Å²) in [7, 11) is 0. The van der Waals surface area contributed by atoms with E-state index in [1.165, 1.54) is 18.4 Å². The summed E-state index contributed by atoms with van der Waals surface area (Å²) in [5, 5.41) is 14.9. The monoisotopic (exact) mass is 344 g/mol. The van der Waals surface area contributed by atoms with Gasteiger partial charge in [0.2, 0.25) is 5.91 Å². The van der Waals surface area contributed by atoms with Gasteiger partial charge in [-0.2, -0.15) is 0 Å². The first kappa shape index (κ1) is 16.0. The lowest BCUT2D eigenvalue weighted by Gasteiger charge is -2.05. The van der Waals surface area contributed by atoms with Gasteiger partial charge in [0, 0.05) is 22.0 Å². The van der Waals surface area contributed by atoms with Gasteiger partial charge in [0.1, 0.15) is 11.3 Å². The topological polar surface area (TPSA) is 85.4 Å². The van der Waals surface area contributed by atoms with E-state index >= 15 is 0 Å². The third-order valence-electron chi connectivity index (χ3n) is 3.66. The lowest BCUT2D eigenvalue weighted by atomic mass is 10.1. The number of rotatable bonds is 4. The van der Waals surface area contributed by atoms with E-state index in [-0.39, 0.29) is 23.7 Å². The zero-order chi connectivity index (χ0) is 17.3. The first-order valence-electron chi connectivity index (χ1n) is 7.15. The van der Waals surface area contributed by atoms with Crippen LogP contribution in [0.5, 0.6) is 0 Å². The zero-order valence-corrected chi connectivity index (χ0v) is 13.5. The van der Waals surface area contributed by atoms with Crippen LogP contribution in [-0.2, 0) is 11.2 Å². The molecule has 0 saturated carbocycles. The first-order valence-corrected chi connectivity index (χ1v) is 7.53. The van der Waals surface area contributed by atoms with E-state index in [0.717, 1.165) is 10.9 Å². The highest BCUT2D eigenvalue weighted by atomic mass is 35.5. The average molecular weight is 345 g/mol. The molecule has 0 saturated heterocycles. The smallest absolute Gasteiger partial charge is 0.292 e. The van der Waals surface area contributed by atoms with Crippen molar-refractivity contribution in [3.05, 3.63) is 68.9 Å². The molecule has 2 aromatic carbocycles. The molecule has 0 bridgehead atoms. The Kier molecular flexibility index (Phi) is 4.22. The molecule has 0 aliphatic heterocycles. The third-order valence-corrected chi connectivity index (χ3v) is 4.07. The van der Waals surface area contributed by atoms with Crippen molar-refractivity contribution < 1.29 is 14.1 Å². The molecule has 1 aromatic heterocycles. The predicted octanol–water partition coefficient (Wildman–Crippen LogP) is 4.48. The first-order chi connectivity index (χ1) is 11.5. The van der Waals surface area contributed by atoms with Gasteiger partial charge in [-0.25, -0.2) is 0 Å². The van der Waals surface area contributed by atoms with Crippen molar-refractivity contribution in [2.24, 2.45) is 0 Å². The minimum atomic E-state index is -0.536. The molecule has 7 heteroatoms. The fraction of sp³-hybridized carbons (Fsp3) is 0.118. The van der Waals surface area contributed by atoms with Crippen LogP contribution in [0.4, 0.5) is 11.4 Å². The van der Waals surface area contributed by atoms with Gasteiger partial charge < -0.3 is 9.73 Å². The molecule has 3 aromatic rings. The Labute approximate surface area is 142 Å². The molecule has 0 atom stereocenters. The maximum Gasteiger partial charge on any atom is 0.292 e. The Bertz CT molecular complexity index is 949. The van der Waals surface area contributed by atoms with Crippen molar-refractivity contribution in [2.45, 2.75) is 13.3 Å². The molecule has 0 radical (unpaired) electrons. The standard InChI is InChI=1S/C17H13ClN2O4/c1-10-6-16-12(8-13(10)18)11(9-24-16)7-17(21)19-14-4-2-3-5-15(14)20(22)23/h2-6,8-9H,7H2,1H3,(H,19,21). The van der Waals surface area contributed by atoms with Crippen LogP contribution < -0.4 is 5.32 Å². The quantitative estimate of drug-likeness (QED) is 0.558. The van der Waals surface area contributed by atoms with Crippen molar-refractivity contribution >= 4 is 39.9 Å². The largest absolute Gasteiger partial charge is 0.464 e. The Hall–Kier alpha value is -2.86. The van der Waals surface area contributed by atoms with Crippen molar-refractivity contribution in [1.82, 2.24) is 0 Å². The molecule has 6 nitrogen and oxygen atoms in total. The number of amides is 1. The van der Waals surface area contributed by atoms with Gasteiger partial charge in [-0.1, -0.05) is 23.7 Å². The maximum atomic E-state index is 12.2. The Morgan fingerprint density at radius 2 is 2.08 bits per heavy atom. The van der Waals surface area contributed by atoms with Crippen LogP contribution in [0.25, 0.3) is 11.0 Å². The number of hydrogen-bond donors (Lipinski definition) is 1. The van der Waals surface area contributed by atoms with Crippen LogP contribution in [-0.4, -0.2) is 10.8 Å². The maximum absolute atomic E-state index is 12.2. The molecule has 0 aliphatic rings. The van der Waals surface area contributed by atoms with E-state index in [1.54, 1.807) is 24.3 Å². The van der Waals surface area contributed by atoms with E-state index in [2.05, 4.69) is 5.32 Å². The number of anilines is 1. The van der Waals surface area contributed by atoms with Crippen LogP contribution in [0.1, 0.15) is 11.1 Å². The van der Waals surface area contributed by atoms with E-state index in [9.17, 15) is 14.9 Å². The number of benzene rings is 2. The molecular weight excluding hydrogens is 332 g/mol. The molecule has 0 unspecified atom stereocenters. The van der Waals surface area contributed by atoms with Crippen LogP contribution >= 0.6 is 11.6 Å². The second-order valence-electron chi connectivity index (χ2n) is 5.36. The minimum Gasteiger partial charge on any atom is -0.464 e. The summed E-state index contributed by atoms with van der Waals surface area (Å²) in [6.07, 6.45) is 1.53. The van der Waals surface area contributed by atoms with Gasteiger partial charge in [-0.05, 0) is 30.7 Å². The number of carbonyl (C=O) groups excluding carboxylic acids is 1. The summed E-state index contributed by atoms with van der Waals surface area (Å²) in [6.45, 7) is 1.87. The number of carbonyl (C=O) groups is 1. The number of nitrogens with one attached hydrogen (secondary N) is 1. The number of fused-ring (bicyclic) bond motifs is 1. The van der Waals surface area contributed by atoms with Crippen molar-refractivity contribution in [3.63, 3.8) is 0 Å². The highest BCUT2D eigenvalue weighted by molar-refractivity contribution is 6.32. The van der Waals surface area contributed by atoms with Gasteiger partial charge >= 0.3 is 0 Å². The summed E-state index contributed by atoms with van der Waals surface area (Å²) in [5.74, 6) is -0.372. The van der Waals surface area contributed by atoms with Gasteiger partial charge in [0.15, 0.2) is 0 Å². The van der Waals surface area contributed by atoms with Crippen molar-refractivity contribution in [3.8, 4) is 0 Å². The highest BCUT2D eigenvalue weighted by Crippen LogP contribution is 2.28. The van der Waals surface area contributed by atoms with Crippen LogP contribution in [0.2, 0.25) is 5.02 Å². The van der Waals surface area contributed by atoms with Crippen LogP contribution in [0, 0.1) is 17.0 Å². The molecule has 1 N–H and O–H groups in total. The molecule has 0 aliphatic carbocycles. The van der Waals surface area contributed by atoms with E-state index < -0.39 is 4.92 Å². The lowest BCUT2D eigenvalue weighted by molar-refractivity contribution is -0.383. The number of furan rings is 1. The molecule has 24 heavy (non-hydrogen) atoms. The average Bonchev–Trinajstić information content (AvgIpc) is 2.90. The Balaban J connectivity index is 1.84. The third kappa shape index (κ3) is 3.09. The van der Waals surface area contributed by atoms with Crippen molar-refractivity contribution in [1.29, 1.82) is 0 Å². The predicted molar refractivity (Wildman–Crippen MR) is 91.4 cm³/mol. The minimum absolute atomic E-state index is 0.0262. The van der Waals surface area contributed by atoms with Crippen LogP contribution in [0.15, 0.2) is 47.1 Å². The second-order valence-corrected chi connectivity index (χ2v) is 5.76. The Morgan fingerprint density at radius 1 is 1.33 bits per heavy atom. The number of para-hydroxylation sites is 2. The second kappa shape index (κ2) is 6.33. The van der Waals surface area contributed by atoms with Crippen LogP contribution in [0.3, 0.4) is 0 Å². The van der Waals surface area contributed by atoms with E-state index in [0.29, 0.717) is 16.2 Å². The zero-order valence-electron chi connectivity index (χ0n) is 12.7. The number of nitrogens with zero attached hydrogens (tertiary/aromatic N) is 1. The Morgan fingerprint density at radius 3 is 2.83 bits per heavy atom. The van der Waals surface area contributed by atoms with Gasteiger partial charge in [-0.3, -0.25) is 14.9 Å². The summed E-state index contributed by atoms with van der Waals surface area (Å²) in [6, 6.07) is 9.56. The summed E-state index contributed by atoms with van der Waals surface area (Å²) < 4.78 is 5.45. The van der Waals surface area contributed by atoms with E-state index in [4.69, 9.17) is 16.0 Å². The number of halogens is 1. The number of hydrogen-bond acceptors (Lipinski definition) is 4. The van der Waals surface area contributed by atoms with Gasteiger partial charge in [-0.15, -0.1) is 0 Å². The summed E-state index contributed by atoms with van der Waals surface area (Å²) >= 11 is 6.12. The van der Waals surface area contributed by atoms with E-state index in [1.807, 2.05) is 6.92 Å². The van der Waals surface area contributed by atoms with Crippen molar-refractivity contribution in [2.75, 3.05) is 5.32 Å². The summed E-state index contributed by atoms with van der Waals surface area (Å²) in [4.78, 5) is 22.7.